The van der Waals surface area contributed by atoms with Crippen molar-refractivity contribution >= 4 is 0 Å². The maximum absolute atomic E-state index is 14.1. The Kier molecular flexibility index (Phi) is 5.24. The summed E-state index contributed by atoms with van der Waals surface area (Å²) in [6, 6.07) is 2.77. The molecule has 1 heterocycles. The number of halogens is 2. The summed E-state index contributed by atoms with van der Waals surface area (Å²) < 4.78 is 32.8. The van der Waals surface area contributed by atoms with E-state index in [-0.39, 0.29) is 12.2 Å². The summed E-state index contributed by atoms with van der Waals surface area (Å²) in [5.74, 6) is -0.926. The van der Waals surface area contributed by atoms with Crippen LogP contribution in [-0.4, -0.2) is 44.7 Å². The summed E-state index contributed by atoms with van der Waals surface area (Å²) in [5.41, 5.74) is 0.590. The third-order valence-corrected chi connectivity index (χ3v) is 3.45. The van der Waals surface area contributed by atoms with E-state index in [4.69, 9.17) is 4.74 Å². The predicted octanol–water partition coefficient (Wildman–Crippen LogP) is 1.56. The van der Waals surface area contributed by atoms with E-state index in [2.05, 4.69) is 10.2 Å². The van der Waals surface area contributed by atoms with Gasteiger partial charge in [-0.25, -0.2) is 8.78 Å². The molecule has 0 spiro atoms. The Balaban J connectivity index is 2.03. The molecule has 1 N–H and O–H groups in total. The molecule has 1 aliphatic heterocycles. The molecule has 0 aromatic heterocycles. The number of hydrogen-bond donors (Lipinski definition) is 1. The van der Waals surface area contributed by atoms with Crippen molar-refractivity contribution in [2.75, 3.05) is 39.8 Å². The summed E-state index contributed by atoms with van der Waals surface area (Å²) in [6.45, 7) is 4.60. The number of nitrogens with one attached hydrogen (secondary N) is 1. The van der Waals surface area contributed by atoms with Crippen LogP contribution in [-0.2, 0) is 17.8 Å². The minimum atomic E-state index is -0.465. The zero-order valence-corrected chi connectivity index (χ0v) is 11.2. The van der Waals surface area contributed by atoms with Crippen LogP contribution >= 0.6 is 0 Å². The largest absolute Gasteiger partial charge is 0.380 e. The molecule has 0 unspecified atom stereocenters. The smallest absolute Gasteiger partial charge is 0.134 e. The highest BCUT2D eigenvalue weighted by Gasteiger charge is 2.16. The van der Waals surface area contributed by atoms with Crippen molar-refractivity contribution in [3.8, 4) is 0 Å². The van der Waals surface area contributed by atoms with Gasteiger partial charge in [-0.15, -0.1) is 0 Å². The first-order valence-electron chi connectivity index (χ1n) is 6.60. The number of piperazine rings is 1. The molecule has 0 amide bonds. The van der Waals surface area contributed by atoms with Crippen molar-refractivity contribution < 1.29 is 13.5 Å². The molecule has 0 radical (unpaired) electrons. The molecule has 0 saturated carbocycles. The van der Waals surface area contributed by atoms with Gasteiger partial charge < -0.3 is 15.0 Å². The molecular weight excluding hydrogens is 250 g/mol. The molecule has 19 heavy (non-hydrogen) atoms. The van der Waals surface area contributed by atoms with Crippen LogP contribution in [0.15, 0.2) is 12.1 Å². The van der Waals surface area contributed by atoms with Crippen LogP contribution in [0.5, 0.6) is 0 Å². The van der Waals surface area contributed by atoms with Gasteiger partial charge in [0.25, 0.3) is 0 Å². The molecule has 3 nitrogen and oxygen atoms in total. The summed E-state index contributed by atoms with van der Waals surface area (Å²) in [5, 5.41) is 3.26. The molecule has 1 aromatic carbocycles. The minimum absolute atomic E-state index is 0.173. The van der Waals surface area contributed by atoms with E-state index in [0.717, 1.165) is 26.2 Å². The third kappa shape index (κ3) is 3.72. The fourth-order valence-corrected chi connectivity index (χ4v) is 2.35. The van der Waals surface area contributed by atoms with Crippen molar-refractivity contribution in [1.29, 1.82) is 0 Å². The Hall–Kier alpha value is -1.04. The second kappa shape index (κ2) is 6.93. The summed E-state index contributed by atoms with van der Waals surface area (Å²) >= 11 is 0. The van der Waals surface area contributed by atoms with E-state index in [1.54, 1.807) is 0 Å². The maximum Gasteiger partial charge on any atom is 0.134 e. The molecule has 2 rings (SSSR count). The Labute approximate surface area is 112 Å². The van der Waals surface area contributed by atoms with Gasteiger partial charge in [0.05, 0.1) is 6.61 Å². The van der Waals surface area contributed by atoms with Crippen LogP contribution in [0.25, 0.3) is 0 Å². The Morgan fingerprint density at radius 1 is 1.26 bits per heavy atom. The molecule has 0 bridgehead atoms. The number of hydrogen-bond acceptors (Lipinski definition) is 3. The fraction of sp³-hybridized carbons (Fsp3) is 0.571. The molecule has 0 atom stereocenters. The van der Waals surface area contributed by atoms with Crippen molar-refractivity contribution in [2.24, 2.45) is 0 Å². The number of benzene rings is 1. The normalized spacial score (nSPS) is 16.8. The van der Waals surface area contributed by atoms with Gasteiger partial charge >= 0.3 is 0 Å². The van der Waals surface area contributed by atoms with Gasteiger partial charge in [-0.05, 0) is 12.5 Å². The lowest BCUT2D eigenvalue weighted by Gasteiger charge is -2.27. The van der Waals surface area contributed by atoms with E-state index < -0.39 is 11.6 Å². The zero-order chi connectivity index (χ0) is 13.7. The van der Waals surface area contributed by atoms with E-state index in [1.807, 2.05) is 0 Å². The van der Waals surface area contributed by atoms with Crippen molar-refractivity contribution in [3.05, 3.63) is 34.9 Å². The lowest BCUT2D eigenvalue weighted by Crippen LogP contribution is -2.44. The first-order valence-corrected chi connectivity index (χ1v) is 6.60. The monoisotopic (exact) mass is 270 g/mol. The standard InChI is InChI=1S/C14H20F2N2O/c1-19-10-11-2-3-13(15)12(14(11)16)4-7-18-8-5-17-6-9-18/h2-3,17H,4-10H2,1H3. The Bertz CT molecular complexity index is 420. The number of methoxy groups -OCH3 is 1. The van der Waals surface area contributed by atoms with Crippen molar-refractivity contribution in [2.45, 2.75) is 13.0 Å². The highest BCUT2D eigenvalue weighted by atomic mass is 19.1. The molecule has 0 aliphatic carbocycles. The van der Waals surface area contributed by atoms with Gasteiger partial charge in [0.2, 0.25) is 0 Å². The first-order chi connectivity index (χ1) is 9.22. The third-order valence-electron chi connectivity index (χ3n) is 3.45. The molecular formula is C14H20F2N2O. The quantitative estimate of drug-likeness (QED) is 0.879. The lowest BCUT2D eigenvalue weighted by molar-refractivity contribution is 0.181. The van der Waals surface area contributed by atoms with Gasteiger partial charge in [0, 0.05) is 51.0 Å². The highest BCUT2D eigenvalue weighted by molar-refractivity contribution is 5.27. The minimum Gasteiger partial charge on any atom is -0.380 e. The number of nitrogens with zero attached hydrogens (tertiary/aromatic N) is 1. The van der Waals surface area contributed by atoms with Gasteiger partial charge in [0.1, 0.15) is 11.6 Å². The molecule has 1 fully saturated rings. The van der Waals surface area contributed by atoms with Gasteiger partial charge in [-0.1, -0.05) is 6.07 Å². The summed E-state index contributed by atoms with van der Waals surface area (Å²) in [6.07, 6.45) is 0.398. The van der Waals surface area contributed by atoms with Crippen LogP contribution in [0, 0.1) is 11.6 Å². The van der Waals surface area contributed by atoms with Crippen LogP contribution in [0.2, 0.25) is 0 Å². The molecule has 1 aromatic rings. The Morgan fingerprint density at radius 3 is 2.68 bits per heavy atom. The van der Waals surface area contributed by atoms with Crippen LogP contribution in [0.4, 0.5) is 8.78 Å². The fourth-order valence-electron chi connectivity index (χ4n) is 2.35. The summed E-state index contributed by atoms with van der Waals surface area (Å²) in [4.78, 5) is 2.22. The number of ether oxygens (including phenoxy) is 1. The van der Waals surface area contributed by atoms with Gasteiger partial charge in [-0.3, -0.25) is 0 Å². The average molecular weight is 270 g/mol. The van der Waals surface area contributed by atoms with Crippen LogP contribution < -0.4 is 5.32 Å². The SMILES string of the molecule is COCc1ccc(F)c(CCN2CCNCC2)c1F. The molecule has 1 aliphatic rings. The first kappa shape index (κ1) is 14.4. The van der Waals surface area contributed by atoms with E-state index in [0.29, 0.717) is 18.5 Å². The molecule has 1 saturated heterocycles. The van der Waals surface area contributed by atoms with Crippen LogP contribution in [0.3, 0.4) is 0 Å². The van der Waals surface area contributed by atoms with E-state index in [9.17, 15) is 8.78 Å². The number of rotatable bonds is 5. The van der Waals surface area contributed by atoms with Crippen molar-refractivity contribution in [3.63, 3.8) is 0 Å². The second-order valence-corrected chi connectivity index (χ2v) is 4.77. The van der Waals surface area contributed by atoms with E-state index >= 15 is 0 Å². The average Bonchev–Trinajstić information content (AvgIpc) is 2.43. The van der Waals surface area contributed by atoms with E-state index in [1.165, 1.54) is 19.2 Å². The second-order valence-electron chi connectivity index (χ2n) is 4.77. The van der Waals surface area contributed by atoms with Crippen LogP contribution in [0.1, 0.15) is 11.1 Å². The molecule has 106 valence electrons. The molecule has 5 heteroatoms. The van der Waals surface area contributed by atoms with Gasteiger partial charge in [0.15, 0.2) is 0 Å². The lowest BCUT2D eigenvalue weighted by atomic mass is 10.1. The van der Waals surface area contributed by atoms with Crippen molar-refractivity contribution in [1.82, 2.24) is 10.2 Å². The summed E-state index contributed by atoms with van der Waals surface area (Å²) in [7, 11) is 1.50. The van der Waals surface area contributed by atoms with Gasteiger partial charge in [-0.2, -0.15) is 0 Å². The maximum atomic E-state index is 14.1. The Morgan fingerprint density at radius 2 is 2.00 bits per heavy atom. The highest BCUT2D eigenvalue weighted by Crippen LogP contribution is 2.18. The zero-order valence-electron chi connectivity index (χ0n) is 11.2. The topological polar surface area (TPSA) is 24.5 Å². The predicted molar refractivity (Wildman–Crippen MR) is 70.1 cm³/mol.